The molecule has 0 aliphatic carbocycles. The van der Waals surface area contributed by atoms with Crippen LogP contribution in [-0.4, -0.2) is 42.4 Å². The molecule has 2 amide bonds. The predicted octanol–water partition coefficient (Wildman–Crippen LogP) is 3.30. The molecule has 6 nitrogen and oxygen atoms in total. The molecule has 1 unspecified atom stereocenters. The average Bonchev–Trinajstić information content (AvgIpc) is 3.05. The van der Waals surface area contributed by atoms with Crippen molar-refractivity contribution in [1.29, 1.82) is 5.26 Å². The number of amides is 2. The summed E-state index contributed by atoms with van der Waals surface area (Å²) in [5.41, 5.74) is 3.55. The number of anilines is 1. The third-order valence-corrected chi connectivity index (χ3v) is 6.35. The van der Waals surface area contributed by atoms with Crippen LogP contribution in [0.25, 0.3) is 0 Å². The van der Waals surface area contributed by atoms with Crippen LogP contribution in [0.5, 0.6) is 0 Å². The fourth-order valence-electron chi connectivity index (χ4n) is 4.65. The van der Waals surface area contributed by atoms with Crippen molar-refractivity contribution in [1.82, 2.24) is 4.90 Å². The van der Waals surface area contributed by atoms with Gasteiger partial charge in [0.15, 0.2) is 0 Å². The predicted molar refractivity (Wildman–Crippen MR) is 109 cm³/mol. The Hall–Kier alpha value is -2.76. The van der Waals surface area contributed by atoms with Gasteiger partial charge < -0.3 is 15.5 Å². The number of hydrogen-bond acceptors (Lipinski definition) is 4. The first-order chi connectivity index (χ1) is 14.3. The van der Waals surface area contributed by atoms with Gasteiger partial charge in [0.05, 0.1) is 17.2 Å². The van der Waals surface area contributed by atoms with E-state index in [4.69, 9.17) is 11.0 Å². The average molecular weight is 436 g/mol. The van der Waals surface area contributed by atoms with Crippen LogP contribution in [0.4, 0.5) is 18.9 Å². The van der Waals surface area contributed by atoms with Crippen LogP contribution in [0.3, 0.4) is 0 Å². The summed E-state index contributed by atoms with van der Waals surface area (Å²) in [5, 5.41) is 9.03. The van der Waals surface area contributed by atoms with Crippen LogP contribution < -0.4 is 10.6 Å². The van der Waals surface area contributed by atoms with E-state index in [1.54, 1.807) is 11.0 Å². The zero-order valence-corrected chi connectivity index (χ0v) is 17.9. The van der Waals surface area contributed by atoms with E-state index in [1.807, 2.05) is 25.7 Å². The molecule has 0 radical (unpaired) electrons. The number of piperidine rings is 1. The van der Waals surface area contributed by atoms with E-state index in [2.05, 4.69) is 0 Å². The number of alkyl halides is 3. The van der Waals surface area contributed by atoms with Gasteiger partial charge in [-0.1, -0.05) is 20.8 Å². The molecule has 3 rings (SSSR count). The molecule has 0 bridgehead atoms. The fraction of sp³-hybridized carbons (Fsp3) is 0.591. The highest BCUT2D eigenvalue weighted by Gasteiger charge is 2.49. The maximum atomic E-state index is 13.4. The highest BCUT2D eigenvalue weighted by molar-refractivity contribution is 5.85. The van der Waals surface area contributed by atoms with Gasteiger partial charge in [-0.05, 0) is 42.9 Å². The van der Waals surface area contributed by atoms with Crippen LogP contribution in [0.2, 0.25) is 0 Å². The lowest BCUT2D eigenvalue weighted by molar-refractivity contribution is -0.141. The number of rotatable bonds is 2. The Morgan fingerprint density at radius 1 is 1.19 bits per heavy atom. The highest BCUT2D eigenvalue weighted by Crippen LogP contribution is 2.46. The Bertz CT molecular complexity index is 922. The number of halogens is 3. The Balaban J connectivity index is 1.87. The Labute approximate surface area is 179 Å². The van der Waals surface area contributed by atoms with Gasteiger partial charge in [-0.3, -0.25) is 9.59 Å². The maximum absolute atomic E-state index is 13.4. The van der Waals surface area contributed by atoms with Gasteiger partial charge >= 0.3 is 6.18 Å². The summed E-state index contributed by atoms with van der Waals surface area (Å²) in [7, 11) is 0. The first-order valence-electron chi connectivity index (χ1n) is 10.2. The summed E-state index contributed by atoms with van der Waals surface area (Å²) < 4.78 is 40.3. The van der Waals surface area contributed by atoms with Crippen molar-refractivity contribution < 1.29 is 22.8 Å². The van der Waals surface area contributed by atoms with Crippen LogP contribution in [0, 0.1) is 22.2 Å². The molecule has 2 aliphatic rings. The van der Waals surface area contributed by atoms with E-state index in [-0.39, 0.29) is 17.0 Å². The van der Waals surface area contributed by atoms with Gasteiger partial charge in [0.2, 0.25) is 11.8 Å². The quantitative estimate of drug-likeness (QED) is 0.770. The molecule has 2 N–H and O–H groups in total. The second kappa shape index (κ2) is 7.74. The third-order valence-electron chi connectivity index (χ3n) is 6.35. The maximum Gasteiger partial charge on any atom is 0.417 e. The van der Waals surface area contributed by atoms with E-state index >= 15 is 0 Å². The van der Waals surface area contributed by atoms with E-state index in [0.717, 1.165) is 12.1 Å². The minimum absolute atomic E-state index is 0.0607. The van der Waals surface area contributed by atoms with Crippen molar-refractivity contribution in [3.8, 4) is 6.07 Å². The molecule has 31 heavy (non-hydrogen) atoms. The number of primary amides is 1. The number of carbonyl (C=O) groups is 2. The second-order valence-electron chi connectivity index (χ2n) is 9.63. The second-order valence-corrected chi connectivity index (χ2v) is 9.63. The largest absolute Gasteiger partial charge is 0.417 e. The molecular formula is C22H27F3N4O2. The molecule has 1 aromatic carbocycles. The Morgan fingerprint density at radius 2 is 1.81 bits per heavy atom. The van der Waals surface area contributed by atoms with Crippen molar-refractivity contribution in [3.05, 3.63) is 29.3 Å². The monoisotopic (exact) mass is 436 g/mol. The molecule has 0 aromatic heterocycles. The van der Waals surface area contributed by atoms with E-state index in [9.17, 15) is 22.8 Å². The summed E-state index contributed by atoms with van der Waals surface area (Å²) in [6.07, 6.45) is -2.95. The van der Waals surface area contributed by atoms with Gasteiger partial charge in [-0.25, -0.2) is 0 Å². The van der Waals surface area contributed by atoms with Gasteiger partial charge in [-0.15, -0.1) is 0 Å². The van der Waals surface area contributed by atoms with Crippen LogP contribution in [-0.2, 0) is 15.8 Å². The van der Waals surface area contributed by atoms with Gasteiger partial charge in [0.25, 0.3) is 0 Å². The number of carbonyl (C=O) groups excluding carboxylic acids is 2. The molecule has 2 fully saturated rings. The Kier molecular flexibility index (Phi) is 5.72. The lowest BCUT2D eigenvalue weighted by Gasteiger charge is -2.41. The highest BCUT2D eigenvalue weighted by atomic mass is 19.4. The van der Waals surface area contributed by atoms with Crippen molar-refractivity contribution in [3.63, 3.8) is 0 Å². The summed E-state index contributed by atoms with van der Waals surface area (Å²) >= 11 is 0. The molecule has 9 heteroatoms. The van der Waals surface area contributed by atoms with E-state index < -0.39 is 34.7 Å². The normalized spacial score (nSPS) is 21.3. The van der Waals surface area contributed by atoms with Crippen molar-refractivity contribution >= 4 is 17.5 Å². The Morgan fingerprint density at radius 3 is 2.29 bits per heavy atom. The molecule has 1 spiro atoms. The zero-order valence-electron chi connectivity index (χ0n) is 17.9. The zero-order chi connectivity index (χ0) is 23.2. The topological polar surface area (TPSA) is 90.4 Å². The van der Waals surface area contributed by atoms with Crippen molar-refractivity contribution in [2.75, 3.05) is 24.5 Å². The lowest BCUT2D eigenvalue weighted by atomic mass is 9.76. The number of likely N-dealkylation sites (tertiary alicyclic amines) is 1. The van der Waals surface area contributed by atoms with E-state index in [1.165, 1.54) is 6.07 Å². The molecule has 2 saturated heterocycles. The molecule has 2 aliphatic heterocycles. The van der Waals surface area contributed by atoms with E-state index in [0.29, 0.717) is 38.9 Å². The first kappa shape index (κ1) is 22.9. The summed E-state index contributed by atoms with van der Waals surface area (Å²) in [6, 6.07) is 4.32. The minimum atomic E-state index is -4.68. The summed E-state index contributed by atoms with van der Waals surface area (Å²) in [6.45, 7) is 7.05. The number of nitrogens with two attached hydrogens (primary N) is 1. The summed E-state index contributed by atoms with van der Waals surface area (Å²) in [5.74, 6) is -0.534. The fourth-order valence-corrected chi connectivity index (χ4v) is 4.65. The number of nitriles is 1. The number of benzene rings is 1. The van der Waals surface area contributed by atoms with Gasteiger partial charge in [-0.2, -0.15) is 18.4 Å². The standard InChI is InChI=1S/C22H27F3N4O2/c1-20(2,3)19(31)28-8-6-21(7-9-28)11-17(18(27)30)29(13-21)15-5-4-14(12-26)16(10-15)22(23,24)25/h4-5,10,17H,6-9,11,13H2,1-3H3,(H2,27,30). The molecular weight excluding hydrogens is 409 g/mol. The lowest BCUT2D eigenvalue weighted by Crippen LogP contribution is -2.47. The van der Waals surface area contributed by atoms with Crippen LogP contribution >= 0.6 is 0 Å². The van der Waals surface area contributed by atoms with Crippen LogP contribution in [0.15, 0.2) is 18.2 Å². The number of nitrogens with zero attached hydrogens (tertiary/aromatic N) is 3. The molecule has 0 saturated carbocycles. The SMILES string of the molecule is CC(C)(C)C(=O)N1CCC2(CC1)CC(C(N)=O)N(c1ccc(C#N)c(C(F)(F)F)c1)C2. The van der Waals surface area contributed by atoms with Crippen molar-refractivity contribution in [2.24, 2.45) is 16.6 Å². The first-order valence-corrected chi connectivity index (χ1v) is 10.2. The molecule has 1 atom stereocenters. The molecule has 168 valence electrons. The summed E-state index contributed by atoms with van der Waals surface area (Å²) in [4.78, 5) is 28.2. The smallest absolute Gasteiger partial charge is 0.368 e. The third kappa shape index (κ3) is 4.48. The molecule has 2 heterocycles. The van der Waals surface area contributed by atoms with Gasteiger partial charge in [0, 0.05) is 30.7 Å². The molecule has 1 aromatic rings. The minimum Gasteiger partial charge on any atom is -0.368 e. The number of hydrogen-bond donors (Lipinski definition) is 1. The van der Waals surface area contributed by atoms with Crippen LogP contribution in [0.1, 0.15) is 51.2 Å². The van der Waals surface area contributed by atoms with Gasteiger partial charge in [0.1, 0.15) is 6.04 Å². The van der Waals surface area contributed by atoms with Crippen molar-refractivity contribution in [2.45, 2.75) is 52.3 Å².